The molecule has 1 aromatic carbocycles. The number of benzene rings is 1. The molecule has 0 amide bonds. The molecule has 2 rings (SSSR count). The number of ether oxygens (including phenoxy) is 1. The fraction of sp³-hybridized carbons (Fsp3) is 0.368. The minimum absolute atomic E-state index is 0.245. The van der Waals surface area contributed by atoms with Crippen molar-refractivity contribution in [3.63, 3.8) is 0 Å². The SMILES string of the molecule is Cc1cc(C)nc([C@H](C#N)C(=O)c2ccc(OC(C)(C)C)cc2)n1. The van der Waals surface area contributed by atoms with Crippen LogP contribution < -0.4 is 4.74 Å². The number of nitrogens with zero attached hydrogens (tertiary/aromatic N) is 3. The molecule has 0 aliphatic carbocycles. The van der Waals surface area contributed by atoms with Gasteiger partial charge in [0.05, 0.1) is 6.07 Å². The number of nitriles is 1. The molecule has 0 saturated carbocycles. The average Bonchev–Trinajstić information content (AvgIpc) is 2.46. The molecule has 124 valence electrons. The number of rotatable bonds is 4. The molecule has 1 atom stereocenters. The number of carbonyl (C=O) groups is 1. The Morgan fingerprint density at radius 3 is 2.12 bits per heavy atom. The quantitative estimate of drug-likeness (QED) is 0.801. The van der Waals surface area contributed by atoms with E-state index in [1.54, 1.807) is 30.3 Å². The van der Waals surface area contributed by atoms with Crippen LogP contribution in [-0.2, 0) is 0 Å². The van der Waals surface area contributed by atoms with Crippen LogP contribution in [0.5, 0.6) is 5.75 Å². The summed E-state index contributed by atoms with van der Waals surface area (Å²) in [5.41, 5.74) is 1.60. The summed E-state index contributed by atoms with van der Waals surface area (Å²) < 4.78 is 5.74. The maximum Gasteiger partial charge on any atom is 0.187 e. The van der Waals surface area contributed by atoms with E-state index >= 15 is 0 Å². The van der Waals surface area contributed by atoms with Gasteiger partial charge in [0.1, 0.15) is 11.4 Å². The largest absolute Gasteiger partial charge is 0.488 e. The summed E-state index contributed by atoms with van der Waals surface area (Å²) in [7, 11) is 0. The van der Waals surface area contributed by atoms with Crippen LogP contribution in [-0.4, -0.2) is 21.4 Å². The zero-order valence-electron chi connectivity index (χ0n) is 14.6. The molecule has 0 N–H and O–H groups in total. The Hall–Kier alpha value is -2.74. The van der Waals surface area contributed by atoms with Gasteiger partial charge in [0.2, 0.25) is 0 Å². The lowest BCUT2D eigenvalue weighted by molar-refractivity contribution is 0.0976. The van der Waals surface area contributed by atoms with E-state index in [1.807, 2.05) is 40.7 Å². The highest BCUT2D eigenvalue weighted by molar-refractivity contribution is 6.02. The monoisotopic (exact) mass is 323 g/mol. The summed E-state index contributed by atoms with van der Waals surface area (Å²) in [5, 5.41) is 9.42. The summed E-state index contributed by atoms with van der Waals surface area (Å²) in [5.74, 6) is -0.409. The van der Waals surface area contributed by atoms with Crippen LogP contribution in [0.4, 0.5) is 0 Å². The smallest absolute Gasteiger partial charge is 0.187 e. The lowest BCUT2D eigenvalue weighted by Gasteiger charge is -2.21. The number of Topliss-reactive ketones (excluding diaryl/α,β-unsaturated/α-hetero) is 1. The molecule has 0 bridgehead atoms. The van der Waals surface area contributed by atoms with Gasteiger partial charge in [-0.15, -0.1) is 0 Å². The number of aromatic nitrogens is 2. The first-order valence-electron chi connectivity index (χ1n) is 7.75. The lowest BCUT2D eigenvalue weighted by atomic mass is 9.97. The predicted molar refractivity (Wildman–Crippen MR) is 91.0 cm³/mol. The van der Waals surface area contributed by atoms with Crippen molar-refractivity contribution >= 4 is 5.78 Å². The maximum atomic E-state index is 12.7. The minimum Gasteiger partial charge on any atom is -0.488 e. The van der Waals surface area contributed by atoms with Crippen molar-refractivity contribution < 1.29 is 9.53 Å². The van der Waals surface area contributed by atoms with Crippen LogP contribution in [0.2, 0.25) is 0 Å². The van der Waals surface area contributed by atoms with Crippen molar-refractivity contribution in [3.05, 3.63) is 53.1 Å². The van der Waals surface area contributed by atoms with Gasteiger partial charge in [0, 0.05) is 17.0 Å². The van der Waals surface area contributed by atoms with Gasteiger partial charge in [-0.1, -0.05) is 0 Å². The summed E-state index contributed by atoms with van der Waals surface area (Å²) >= 11 is 0. The van der Waals surface area contributed by atoms with Gasteiger partial charge in [-0.05, 0) is 65.0 Å². The molecule has 2 aromatic rings. The van der Waals surface area contributed by atoms with E-state index in [1.165, 1.54) is 0 Å². The molecular weight excluding hydrogens is 302 g/mol. The van der Waals surface area contributed by atoms with E-state index in [2.05, 4.69) is 9.97 Å². The minimum atomic E-state index is -1.02. The van der Waals surface area contributed by atoms with Gasteiger partial charge in [0.15, 0.2) is 17.5 Å². The highest BCUT2D eigenvalue weighted by Crippen LogP contribution is 2.22. The Balaban J connectivity index is 2.27. The summed E-state index contributed by atoms with van der Waals surface area (Å²) in [6, 6.07) is 10.6. The maximum absolute atomic E-state index is 12.7. The van der Waals surface area contributed by atoms with Gasteiger partial charge >= 0.3 is 0 Å². The van der Waals surface area contributed by atoms with Crippen LogP contribution in [0.25, 0.3) is 0 Å². The number of carbonyl (C=O) groups excluding carboxylic acids is 1. The third-order valence-electron chi connectivity index (χ3n) is 3.21. The molecule has 1 heterocycles. The average molecular weight is 323 g/mol. The second-order valence-corrected chi connectivity index (χ2v) is 6.67. The van der Waals surface area contributed by atoms with Crippen molar-refractivity contribution in [2.24, 2.45) is 0 Å². The highest BCUT2D eigenvalue weighted by Gasteiger charge is 2.25. The number of hydrogen-bond acceptors (Lipinski definition) is 5. The Kier molecular flexibility index (Phi) is 4.99. The standard InChI is InChI=1S/C19H21N3O2/c1-12-10-13(2)22-18(21-12)16(11-20)17(23)14-6-8-15(9-7-14)24-19(3,4)5/h6-10,16H,1-5H3/t16-/m1/s1. The fourth-order valence-electron chi connectivity index (χ4n) is 2.32. The van der Waals surface area contributed by atoms with Crippen molar-refractivity contribution in [2.75, 3.05) is 0 Å². The number of hydrogen-bond donors (Lipinski definition) is 0. The third-order valence-corrected chi connectivity index (χ3v) is 3.21. The van der Waals surface area contributed by atoms with Crippen LogP contribution >= 0.6 is 0 Å². The summed E-state index contributed by atoms with van der Waals surface area (Å²) in [6.07, 6.45) is 0. The van der Waals surface area contributed by atoms with Crippen molar-refractivity contribution in [3.8, 4) is 11.8 Å². The molecule has 1 aromatic heterocycles. The van der Waals surface area contributed by atoms with E-state index in [0.717, 1.165) is 11.4 Å². The van der Waals surface area contributed by atoms with E-state index in [0.29, 0.717) is 11.3 Å². The van der Waals surface area contributed by atoms with E-state index in [9.17, 15) is 10.1 Å². The summed E-state index contributed by atoms with van der Waals surface area (Å²) in [6.45, 7) is 9.49. The highest BCUT2D eigenvalue weighted by atomic mass is 16.5. The molecule has 24 heavy (non-hydrogen) atoms. The Morgan fingerprint density at radius 1 is 1.12 bits per heavy atom. The van der Waals surface area contributed by atoms with Crippen molar-refractivity contribution in [1.29, 1.82) is 5.26 Å². The molecule has 5 nitrogen and oxygen atoms in total. The Labute approximate surface area is 142 Å². The second-order valence-electron chi connectivity index (χ2n) is 6.67. The Bertz CT molecular complexity index is 763. The first-order valence-corrected chi connectivity index (χ1v) is 7.75. The molecular formula is C19H21N3O2. The zero-order valence-corrected chi connectivity index (χ0v) is 14.6. The first kappa shape index (κ1) is 17.6. The van der Waals surface area contributed by atoms with Gasteiger partial charge in [-0.2, -0.15) is 5.26 Å². The molecule has 0 unspecified atom stereocenters. The van der Waals surface area contributed by atoms with Gasteiger partial charge in [0.25, 0.3) is 0 Å². The van der Waals surface area contributed by atoms with Gasteiger partial charge in [-0.25, -0.2) is 9.97 Å². The second kappa shape index (κ2) is 6.79. The van der Waals surface area contributed by atoms with Crippen LogP contribution in [0.15, 0.2) is 30.3 Å². The Morgan fingerprint density at radius 2 is 1.67 bits per heavy atom. The molecule has 0 radical (unpaired) electrons. The molecule has 5 heteroatoms. The molecule has 0 spiro atoms. The lowest BCUT2D eigenvalue weighted by Crippen LogP contribution is -2.23. The third kappa shape index (κ3) is 4.39. The molecule has 0 fully saturated rings. The van der Waals surface area contributed by atoms with Gasteiger partial charge < -0.3 is 4.74 Å². The van der Waals surface area contributed by atoms with Crippen molar-refractivity contribution in [2.45, 2.75) is 46.1 Å². The zero-order chi connectivity index (χ0) is 17.9. The van der Waals surface area contributed by atoms with E-state index in [-0.39, 0.29) is 17.2 Å². The van der Waals surface area contributed by atoms with E-state index < -0.39 is 5.92 Å². The normalized spacial score (nSPS) is 12.3. The molecule has 0 aliphatic heterocycles. The predicted octanol–water partition coefficient (Wildman–Crippen LogP) is 3.76. The summed E-state index contributed by atoms with van der Waals surface area (Å²) in [4.78, 5) is 21.1. The first-order chi connectivity index (χ1) is 11.2. The number of ketones is 1. The van der Waals surface area contributed by atoms with Crippen LogP contribution in [0.1, 0.15) is 54.3 Å². The van der Waals surface area contributed by atoms with Gasteiger partial charge in [-0.3, -0.25) is 4.79 Å². The van der Waals surface area contributed by atoms with E-state index in [4.69, 9.17) is 4.74 Å². The molecule has 0 aliphatic rings. The van der Waals surface area contributed by atoms with Crippen molar-refractivity contribution in [1.82, 2.24) is 9.97 Å². The van der Waals surface area contributed by atoms with Crippen LogP contribution in [0, 0.1) is 25.2 Å². The van der Waals surface area contributed by atoms with Crippen LogP contribution in [0.3, 0.4) is 0 Å². The number of aryl methyl sites for hydroxylation is 2. The topological polar surface area (TPSA) is 75.9 Å². The fourth-order valence-corrected chi connectivity index (χ4v) is 2.32. The molecule has 0 saturated heterocycles.